The first-order valence-corrected chi connectivity index (χ1v) is 8.27. The van der Waals surface area contributed by atoms with Gasteiger partial charge in [-0.25, -0.2) is 13.1 Å². The summed E-state index contributed by atoms with van der Waals surface area (Å²) in [5.41, 5.74) is 0.407. The third-order valence-corrected chi connectivity index (χ3v) is 4.70. The van der Waals surface area contributed by atoms with Crippen molar-refractivity contribution in [1.29, 1.82) is 0 Å². The second-order valence-corrected chi connectivity index (χ2v) is 6.62. The summed E-state index contributed by atoms with van der Waals surface area (Å²) in [6, 6.07) is 9.01. The van der Waals surface area contributed by atoms with E-state index in [-0.39, 0.29) is 16.8 Å². The summed E-state index contributed by atoms with van der Waals surface area (Å²) >= 11 is 0. The third-order valence-electron chi connectivity index (χ3n) is 3.10. The van der Waals surface area contributed by atoms with Crippen molar-refractivity contribution in [2.24, 2.45) is 0 Å². The predicted octanol–water partition coefficient (Wildman–Crippen LogP) is 1.55. The summed E-state index contributed by atoms with van der Waals surface area (Å²) in [7, 11) is -2.12. The highest BCUT2D eigenvalue weighted by Crippen LogP contribution is 2.12. The zero-order valence-corrected chi connectivity index (χ0v) is 13.2. The molecule has 1 heterocycles. The van der Waals surface area contributed by atoms with Crippen LogP contribution in [0.1, 0.15) is 23.0 Å². The minimum absolute atomic E-state index is 0.117. The van der Waals surface area contributed by atoms with Gasteiger partial charge in [-0.2, -0.15) is 0 Å². The fourth-order valence-corrected chi connectivity index (χ4v) is 3.28. The summed E-state index contributed by atoms with van der Waals surface area (Å²) in [4.78, 5) is 11.6. The van der Waals surface area contributed by atoms with Crippen LogP contribution >= 0.6 is 0 Å². The first-order valence-electron chi connectivity index (χ1n) is 6.79. The number of carbonyl (C=O) groups excluding carboxylic acids is 1. The molecule has 0 fully saturated rings. The van der Waals surface area contributed by atoms with Crippen LogP contribution < -0.4 is 10.0 Å². The summed E-state index contributed by atoms with van der Waals surface area (Å²) in [5, 5.41) is 2.48. The highest BCUT2D eigenvalue weighted by atomic mass is 32.2. The molecule has 0 aliphatic heterocycles. The molecule has 6 nitrogen and oxygen atoms in total. The number of furan rings is 1. The Labute approximate surface area is 129 Å². The van der Waals surface area contributed by atoms with Gasteiger partial charge in [-0.15, -0.1) is 0 Å². The maximum atomic E-state index is 12.3. The molecule has 0 bridgehead atoms. The molecule has 0 aliphatic carbocycles. The van der Waals surface area contributed by atoms with E-state index in [9.17, 15) is 13.2 Å². The molecule has 118 valence electrons. The van der Waals surface area contributed by atoms with Crippen LogP contribution in [-0.2, 0) is 16.4 Å². The lowest BCUT2D eigenvalue weighted by atomic mass is 10.2. The average Bonchev–Trinajstić information content (AvgIpc) is 2.98. The minimum atomic E-state index is -3.64. The van der Waals surface area contributed by atoms with Crippen LogP contribution in [0, 0.1) is 0 Å². The number of sulfonamides is 1. The molecule has 2 rings (SSSR count). The Bertz CT molecular complexity index is 721. The zero-order chi connectivity index (χ0) is 16.2. The molecule has 2 N–H and O–H groups in total. The molecule has 1 unspecified atom stereocenters. The Morgan fingerprint density at radius 1 is 1.23 bits per heavy atom. The summed E-state index contributed by atoms with van der Waals surface area (Å²) < 4.78 is 32.3. The molecule has 22 heavy (non-hydrogen) atoms. The average molecular weight is 322 g/mol. The molecule has 0 saturated carbocycles. The number of hydrogen-bond acceptors (Lipinski definition) is 4. The third kappa shape index (κ3) is 3.96. The smallest absolute Gasteiger partial charge is 0.251 e. The van der Waals surface area contributed by atoms with Crippen LogP contribution in [0.15, 0.2) is 52.0 Å². The summed E-state index contributed by atoms with van der Waals surface area (Å²) in [5.74, 6) is 0.452. The lowest BCUT2D eigenvalue weighted by Gasteiger charge is -2.13. The normalized spacial score (nSPS) is 12.8. The van der Waals surface area contributed by atoms with E-state index in [1.54, 1.807) is 25.3 Å². The first-order chi connectivity index (χ1) is 10.4. The predicted molar refractivity (Wildman–Crippen MR) is 82.0 cm³/mol. The number of nitrogens with one attached hydrogen (secondary N) is 2. The van der Waals surface area contributed by atoms with Crippen molar-refractivity contribution in [3.05, 3.63) is 54.0 Å². The summed E-state index contributed by atoms with van der Waals surface area (Å²) in [6.07, 6.45) is 2.01. The van der Waals surface area contributed by atoms with Crippen LogP contribution in [0.4, 0.5) is 0 Å². The Morgan fingerprint density at radius 2 is 1.91 bits per heavy atom. The fourth-order valence-electron chi connectivity index (χ4n) is 2.03. The maximum Gasteiger partial charge on any atom is 0.251 e. The van der Waals surface area contributed by atoms with Crippen LogP contribution in [0.2, 0.25) is 0 Å². The van der Waals surface area contributed by atoms with Gasteiger partial charge in [-0.1, -0.05) is 0 Å². The van der Waals surface area contributed by atoms with Gasteiger partial charge in [-0.05, 0) is 43.3 Å². The lowest BCUT2D eigenvalue weighted by Crippen LogP contribution is -2.34. The molecular weight excluding hydrogens is 304 g/mol. The number of benzene rings is 1. The maximum absolute atomic E-state index is 12.3. The van der Waals surface area contributed by atoms with Crippen molar-refractivity contribution in [2.75, 3.05) is 7.05 Å². The number of carbonyl (C=O) groups is 1. The van der Waals surface area contributed by atoms with E-state index in [1.807, 2.05) is 0 Å². The largest absolute Gasteiger partial charge is 0.469 e. The van der Waals surface area contributed by atoms with Crippen molar-refractivity contribution >= 4 is 15.9 Å². The summed E-state index contributed by atoms with van der Waals surface area (Å²) in [6.45, 7) is 1.76. The second kappa shape index (κ2) is 6.76. The van der Waals surface area contributed by atoms with Crippen LogP contribution in [0.25, 0.3) is 0 Å². The first kappa shape index (κ1) is 16.3. The van der Waals surface area contributed by atoms with Gasteiger partial charge in [-0.3, -0.25) is 4.79 Å². The minimum Gasteiger partial charge on any atom is -0.469 e. The van der Waals surface area contributed by atoms with Crippen molar-refractivity contribution in [3.63, 3.8) is 0 Å². The Kier molecular flexibility index (Phi) is 4.99. The highest BCUT2D eigenvalue weighted by Gasteiger charge is 2.18. The van der Waals surface area contributed by atoms with Gasteiger partial charge in [0.2, 0.25) is 10.0 Å². The van der Waals surface area contributed by atoms with E-state index < -0.39 is 10.0 Å². The highest BCUT2D eigenvalue weighted by molar-refractivity contribution is 7.89. The van der Waals surface area contributed by atoms with E-state index in [1.165, 1.54) is 31.3 Å². The van der Waals surface area contributed by atoms with Crippen LogP contribution in [0.5, 0.6) is 0 Å². The van der Waals surface area contributed by atoms with Gasteiger partial charge in [0, 0.05) is 25.1 Å². The van der Waals surface area contributed by atoms with Gasteiger partial charge in [0.05, 0.1) is 11.2 Å². The molecule has 7 heteroatoms. The molecular formula is C15H18N2O4S. The Balaban J connectivity index is 2.07. The van der Waals surface area contributed by atoms with E-state index in [0.717, 1.165) is 0 Å². The van der Waals surface area contributed by atoms with E-state index in [4.69, 9.17) is 4.42 Å². The number of amides is 1. The monoisotopic (exact) mass is 322 g/mol. The topological polar surface area (TPSA) is 88.4 Å². The van der Waals surface area contributed by atoms with Gasteiger partial charge >= 0.3 is 0 Å². The molecule has 0 spiro atoms. The van der Waals surface area contributed by atoms with Gasteiger partial charge in [0.1, 0.15) is 5.76 Å². The molecule has 2 aromatic rings. The molecule has 0 radical (unpaired) electrons. The molecule has 0 aliphatic rings. The van der Waals surface area contributed by atoms with Crippen LogP contribution in [-0.4, -0.2) is 27.4 Å². The van der Waals surface area contributed by atoms with E-state index in [2.05, 4.69) is 10.0 Å². The molecule has 1 aromatic heterocycles. The zero-order valence-electron chi connectivity index (χ0n) is 12.4. The molecule has 1 aromatic carbocycles. The van der Waals surface area contributed by atoms with Crippen LogP contribution in [0.3, 0.4) is 0 Å². The fraction of sp³-hybridized carbons (Fsp3) is 0.267. The SMILES string of the molecule is CNC(=O)c1ccc(S(=O)(=O)NC(C)Cc2ccco2)cc1. The quantitative estimate of drug-likeness (QED) is 0.844. The van der Waals surface area contributed by atoms with E-state index >= 15 is 0 Å². The van der Waals surface area contributed by atoms with Crippen molar-refractivity contribution in [1.82, 2.24) is 10.0 Å². The lowest BCUT2D eigenvalue weighted by molar-refractivity contribution is 0.0963. The van der Waals surface area contributed by atoms with E-state index in [0.29, 0.717) is 17.7 Å². The van der Waals surface area contributed by atoms with Gasteiger partial charge < -0.3 is 9.73 Å². The Hall–Kier alpha value is -2.12. The number of rotatable bonds is 6. The Morgan fingerprint density at radius 3 is 2.45 bits per heavy atom. The number of hydrogen-bond donors (Lipinski definition) is 2. The van der Waals surface area contributed by atoms with Gasteiger partial charge in [0.25, 0.3) is 5.91 Å². The van der Waals surface area contributed by atoms with Crippen molar-refractivity contribution < 1.29 is 17.6 Å². The molecule has 1 amide bonds. The standard InChI is InChI=1S/C15H18N2O4S/c1-11(10-13-4-3-9-21-13)17-22(19,20)14-7-5-12(6-8-14)15(18)16-2/h3-9,11,17H,10H2,1-2H3,(H,16,18). The van der Waals surface area contributed by atoms with Gasteiger partial charge in [0.15, 0.2) is 0 Å². The van der Waals surface area contributed by atoms with Crippen molar-refractivity contribution in [2.45, 2.75) is 24.3 Å². The molecule has 1 atom stereocenters. The molecule has 0 saturated heterocycles. The second-order valence-electron chi connectivity index (χ2n) is 4.91. The van der Waals surface area contributed by atoms with Crippen molar-refractivity contribution in [3.8, 4) is 0 Å².